The number of nitrogens with one attached hydrogen (secondary N) is 2. The van der Waals surface area contributed by atoms with Crippen LogP contribution in [0.2, 0.25) is 0 Å². The molecule has 2 heterocycles. The number of hydrogen-bond acceptors (Lipinski definition) is 4. The molecule has 0 spiro atoms. The molecule has 2 aliphatic heterocycles. The maximum Gasteiger partial charge on any atom is 0.243 e. The number of rotatable bonds is 8. The summed E-state index contributed by atoms with van der Waals surface area (Å²) in [4.78, 5) is 17.8. The fourth-order valence-corrected chi connectivity index (χ4v) is 3.21. The Labute approximate surface area is 181 Å². The van der Waals surface area contributed by atoms with Crippen molar-refractivity contribution in [1.29, 1.82) is 0 Å². The highest BCUT2D eigenvalue weighted by Gasteiger charge is 2.15. The Bertz CT molecular complexity index is 437. The summed E-state index contributed by atoms with van der Waals surface area (Å²) in [7, 11) is 3.50. The molecule has 2 aliphatic rings. The molecule has 0 bridgehead atoms. The summed E-state index contributed by atoms with van der Waals surface area (Å²) in [5.74, 6) is 0.689. The summed E-state index contributed by atoms with van der Waals surface area (Å²) in [6, 6.07) is 0. The standard InChI is InChI=1S/C19H36N4O3.HI/c1-23(2)18(24)15-22-19(21-14-17-9-4-6-13-26-17)20-11-7-10-16-8-3-5-12-25-16;/h16-17H,3-15H2,1-2H3,(H2,20,21,22);1H. The number of hydrogen-bond donors (Lipinski definition) is 2. The van der Waals surface area contributed by atoms with Gasteiger partial charge in [0.1, 0.15) is 6.54 Å². The zero-order chi connectivity index (χ0) is 18.6. The van der Waals surface area contributed by atoms with Crippen LogP contribution in [0.4, 0.5) is 0 Å². The molecule has 0 aliphatic carbocycles. The monoisotopic (exact) mass is 496 g/mol. The zero-order valence-electron chi connectivity index (χ0n) is 16.9. The predicted octanol–water partition coefficient (Wildman–Crippen LogP) is 2.15. The normalized spacial score (nSPS) is 23.3. The Morgan fingerprint density at radius 2 is 1.70 bits per heavy atom. The predicted molar refractivity (Wildman–Crippen MR) is 119 cm³/mol. The quantitative estimate of drug-likeness (QED) is 0.233. The van der Waals surface area contributed by atoms with Crippen LogP contribution >= 0.6 is 24.0 Å². The van der Waals surface area contributed by atoms with Gasteiger partial charge in [-0.1, -0.05) is 0 Å². The molecule has 0 aromatic rings. The van der Waals surface area contributed by atoms with Crippen LogP contribution in [0.5, 0.6) is 0 Å². The molecule has 0 aromatic heterocycles. The molecule has 2 N–H and O–H groups in total. The van der Waals surface area contributed by atoms with Gasteiger partial charge in [-0.15, -0.1) is 24.0 Å². The van der Waals surface area contributed by atoms with E-state index in [4.69, 9.17) is 9.47 Å². The molecule has 27 heavy (non-hydrogen) atoms. The number of aliphatic imine (C=N–C) groups is 1. The first-order valence-corrected chi connectivity index (χ1v) is 10.1. The van der Waals surface area contributed by atoms with Crippen molar-refractivity contribution in [1.82, 2.24) is 15.5 Å². The number of carbonyl (C=O) groups is 1. The molecule has 0 aromatic carbocycles. The number of halogens is 1. The Morgan fingerprint density at radius 1 is 1.04 bits per heavy atom. The number of likely N-dealkylation sites (N-methyl/N-ethyl adjacent to an activating group) is 1. The van der Waals surface area contributed by atoms with E-state index < -0.39 is 0 Å². The van der Waals surface area contributed by atoms with Crippen LogP contribution in [0.3, 0.4) is 0 Å². The molecule has 0 saturated carbocycles. The van der Waals surface area contributed by atoms with E-state index in [1.807, 2.05) is 0 Å². The molecule has 2 saturated heterocycles. The first-order chi connectivity index (χ1) is 12.6. The minimum absolute atomic E-state index is 0. The second-order valence-electron chi connectivity index (χ2n) is 7.38. The molecule has 0 radical (unpaired) electrons. The summed E-state index contributed by atoms with van der Waals surface area (Å²) in [6.07, 6.45) is 9.84. The lowest BCUT2D eigenvalue weighted by atomic mass is 10.0. The lowest BCUT2D eigenvalue weighted by Gasteiger charge is -2.24. The topological polar surface area (TPSA) is 75.2 Å². The van der Waals surface area contributed by atoms with E-state index >= 15 is 0 Å². The second-order valence-corrected chi connectivity index (χ2v) is 7.38. The fourth-order valence-electron chi connectivity index (χ4n) is 3.21. The Kier molecular flexibility index (Phi) is 13.0. The molecule has 7 nitrogen and oxygen atoms in total. The van der Waals surface area contributed by atoms with Crippen LogP contribution in [0, 0.1) is 0 Å². The summed E-state index contributed by atoms with van der Waals surface area (Å²) >= 11 is 0. The molecule has 2 fully saturated rings. The van der Waals surface area contributed by atoms with Crippen molar-refractivity contribution < 1.29 is 14.3 Å². The van der Waals surface area contributed by atoms with Crippen LogP contribution in [0.1, 0.15) is 51.4 Å². The van der Waals surface area contributed by atoms with Gasteiger partial charge in [0.05, 0.1) is 12.2 Å². The van der Waals surface area contributed by atoms with Crippen molar-refractivity contribution in [2.24, 2.45) is 4.99 Å². The van der Waals surface area contributed by atoms with Crippen LogP contribution in [-0.2, 0) is 14.3 Å². The van der Waals surface area contributed by atoms with E-state index in [0.717, 1.165) is 52.0 Å². The van der Waals surface area contributed by atoms with Gasteiger partial charge in [-0.05, 0) is 51.4 Å². The Morgan fingerprint density at radius 3 is 2.30 bits per heavy atom. The van der Waals surface area contributed by atoms with Crippen molar-refractivity contribution in [2.45, 2.75) is 63.6 Å². The van der Waals surface area contributed by atoms with Gasteiger partial charge in [-0.25, -0.2) is 4.99 Å². The van der Waals surface area contributed by atoms with Crippen LogP contribution < -0.4 is 10.6 Å². The van der Waals surface area contributed by atoms with Gasteiger partial charge in [0.2, 0.25) is 5.91 Å². The smallest absolute Gasteiger partial charge is 0.243 e. The Hall–Kier alpha value is -0.610. The highest BCUT2D eigenvalue weighted by molar-refractivity contribution is 14.0. The zero-order valence-corrected chi connectivity index (χ0v) is 19.2. The molecular formula is C19H37IN4O3. The van der Waals surface area contributed by atoms with Crippen molar-refractivity contribution in [3.05, 3.63) is 0 Å². The molecule has 8 heteroatoms. The highest BCUT2D eigenvalue weighted by atomic mass is 127. The average Bonchev–Trinajstić information content (AvgIpc) is 2.67. The SMILES string of the molecule is CN(C)C(=O)CN=C(NCCCC1CCCCO1)NCC1CCCCO1.I. The summed E-state index contributed by atoms with van der Waals surface area (Å²) in [6.45, 7) is 3.45. The molecule has 2 atom stereocenters. The van der Waals surface area contributed by atoms with Crippen molar-refractivity contribution in [3.63, 3.8) is 0 Å². The third-order valence-electron chi connectivity index (χ3n) is 4.91. The van der Waals surface area contributed by atoms with Crippen LogP contribution in [0.15, 0.2) is 4.99 Å². The second kappa shape index (κ2) is 14.4. The van der Waals surface area contributed by atoms with E-state index in [2.05, 4.69) is 15.6 Å². The van der Waals surface area contributed by atoms with E-state index in [0.29, 0.717) is 12.1 Å². The highest BCUT2D eigenvalue weighted by Crippen LogP contribution is 2.16. The summed E-state index contributed by atoms with van der Waals surface area (Å²) in [5, 5.41) is 6.68. The van der Waals surface area contributed by atoms with Gasteiger partial charge >= 0.3 is 0 Å². The Balaban J connectivity index is 0.00000364. The third kappa shape index (κ3) is 10.5. The van der Waals surface area contributed by atoms with Crippen LogP contribution in [-0.4, -0.2) is 75.9 Å². The average molecular weight is 496 g/mol. The van der Waals surface area contributed by atoms with Gasteiger partial charge in [-0.3, -0.25) is 4.79 Å². The van der Waals surface area contributed by atoms with E-state index in [-0.39, 0.29) is 42.5 Å². The lowest BCUT2D eigenvalue weighted by Crippen LogP contribution is -2.43. The lowest BCUT2D eigenvalue weighted by molar-refractivity contribution is -0.127. The molecule has 1 amide bonds. The summed E-state index contributed by atoms with van der Waals surface area (Å²) < 4.78 is 11.5. The fraction of sp³-hybridized carbons (Fsp3) is 0.895. The van der Waals surface area contributed by atoms with E-state index in [1.54, 1.807) is 19.0 Å². The molecule has 2 unspecified atom stereocenters. The minimum Gasteiger partial charge on any atom is -0.378 e. The largest absolute Gasteiger partial charge is 0.378 e. The maximum absolute atomic E-state index is 11.8. The van der Waals surface area contributed by atoms with Crippen LogP contribution in [0.25, 0.3) is 0 Å². The van der Waals surface area contributed by atoms with Gasteiger partial charge in [0.15, 0.2) is 5.96 Å². The molecule has 2 rings (SSSR count). The third-order valence-corrected chi connectivity index (χ3v) is 4.91. The van der Waals surface area contributed by atoms with Gasteiger partial charge in [-0.2, -0.15) is 0 Å². The van der Waals surface area contributed by atoms with Gasteiger partial charge in [0.25, 0.3) is 0 Å². The van der Waals surface area contributed by atoms with Crippen molar-refractivity contribution in [2.75, 3.05) is 46.9 Å². The number of nitrogens with zero attached hydrogens (tertiary/aromatic N) is 2. The molecule has 158 valence electrons. The van der Waals surface area contributed by atoms with E-state index in [9.17, 15) is 4.79 Å². The first-order valence-electron chi connectivity index (χ1n) is 10.1. The number of amides is 1. The van der Waals surface area contributed by atoms with Crippen molar-refractivity contribution >= 4 is 35.8 Å². The first kappa shape index (κ1) is 24.4. The van der Waals surface area contributed by atoms with Gasteiger partial charge < -0.3 is 25.0 Å². The summed E-state index contributed by atoms with van der Waals surface area (Å²) in [5.41, 5.74) is 0. The van der Waals surface area contributed by atoms with E-state index in [1.165, 1.54) is 25.7 Å². The number of guanidine groups is 1. The number of ether oxygens (including phenoxy) is 2. The number of carbonyl (C=O) groups excluding carboxylic acids is 1. The van der Waals surface area contributed by atoms with Gasteiger partial charge in [0, 0.05) is 40.4 Å². The maximum atomic E-state index is 11.8. The minimum atomic E-state index is -0.00405. The van der Waals surface area contributed by atoms with Crippen molar-refractivity contribution in [3.8, 4) is 0 Å². The molecular weight excluding hydrogens is 459 g/mol.